The molecular formula is C46H62N8O8SSi2. The normalized spacial score (nSPS) is 21.8. The molecule has 0 saturated carbocycles. The van der Waals surface area contributed by atoms with Gasteiger partial charge in [-0.05, 0) is 66.6 Å². The molecule has 65 heavy (non-hydrogen) atoms. The summed E-state index contributed by atoms with van der Waals surface area (Å²) in [4.78, 5) is 56.9. The number of anilines is 2. The second-order valence-electron chi connectivity index (χ2n) is 19.6. The number of hydrogen-bond donors (Lipinski definition) is 2. The van der Waals surface area contributed by atoms with Gasteiger partial charge in [0.2, 0.25) is 0 Å². The molecule has 3 aromatic heterocycles. The Balaban J connectivity index is 1.04. The number of hydrogen-bond acceptors (Lipinski definition) is 13. The number of aromatic nitrogens is 6. The number of nitrogens with one attached hydrogen (secondary N) is 2. The molecule has 5 aromatic rings. The highest BCUT2D eigenvalue weighted by Crippen LogP contribution is 2.42. The van der Waals surface area contributed by atoms with Gasteiger partial charge in [-0.3, -0.25) is 18.7 Å². The molecule has 0 unspecified atom stereocenters. The lowest BCUT2D eigenvalue weighted by Gasteiger charge is -2.39. The summed E-state index contributed by atoms with van der Waals surface area (Å²) in [6.45, 7) is 22.4. The first kappa shape index (κ1) is 48.3. The van der Waals surface area contributed by atoms with Crippen LogP contribution >= 0.6 is 11.8 Å². The summed E-state index contributed by atoms with van der Waals surface area (Å²) in [6.07, 6.45) is 3.24. The summed E-state index contributed by atoms with van der Waals surface area (Å²) in [7, 11) is -4.39. The van der Waals surface area contributed by atoms with Gasteiger partial charge in [0.05, 0.1) is 37.2 Å². The SMILES string of the molecule is CC(C)(C)[Si](C)(C)OC[C@H]1O[C@@H](n2cnc3c(NC(=O)c4ccccc4)ncnc32)C[C@@H]1OCSC[C@H]1O[C@@H](n2ccc(NC(=O)c3ccccc3)nc2=O)C[C@@H]1O[Si](C)(C)C(C)(C)C. The van der Waals surface area contributed by atoms with Gasteiger partial charge in [0.1, 0.15) is 30.7 Å². The van der Waals surface area contributed by atoms with Crippen LogP contribution in [0.5, 0.6) is 0 Å². The minimum absolute atomic E-state index is 0.00102. The fraction of sp³-hybridized carbons (Fsp3) is 0.500. The van der Waals surface area contributed by atoms with Gasteiger partial charge in [-0.2, -0.15) is 4.98 Å². The van der Waals surface area contributed by atoms with Crippen LogP contribution in [0.1, 0.15) is 87.6 Å². The van der Waals surface area contributed by atoms with Gasteiger partial charge < -0.3 is 33.7 Å². The first-order chi connectivity index (χ1) is 30.7. The van der Waals surface area contributed by atoms with Gasteiger partial charge in [0.25, 0.3) is 11.8 Å². The van der Waals surface area contributed by atoms with Gasteiger partial charge in [0, 0.05) is 35.9 Å². The second-order valence-corrected chi connectivity index (χ2v) is 30.1. The molecule has 0 spiro atoms. The van der Waals surface area contributed by atoms with Gasteiger partial charge in [-0.1, -0.05) is 77.9 Å². The van der Waals surface area contributed by atoms with Crippen molar-refractivity contribution in [1.29, 1.82) is 0 Å². The lowest BCUT2D eigenvalue weighted by molar-refractivity contribution is -0.0508. The van der Waals surface area contributed by atoms with Gasteiger partial charge in [-0.15, -0.1) is 11.8 Å². The number of rotatable bonds is 16. The van der Waals surface area contributed by atoms with Gasteiger partial charge in [0.15, 0.2) is 33.6 Å². The predicted molar refractivity (Wildman–Crippen MR) is 257 cm³/mol. The monoisotopic (exact) mass is 942 g/mol. The molecule has 348 valence electrons. The third kappa shape index (κ3) is 11.3. The lowest BCUT2D eigenvalue weighted by atomic mass is 10.2. The van der Waals surface area contributed by atoms with Crippen LogP contribution < -0.4 is 16.3 Å². The van der Waals surface area contributed by atoms with E-state index in [1.165, 1.54) is 10.9 Å². The van der Waals surface area contributed by atoms with E-state index in [1.54, 1.807) is 78.9 Å². The average molecular weight is 943 g/mol. The van der Waals surface area contributed by atoms with E-state index in [2.05, 4.69) is 98.3 Å². The van der Waals surface area contributed by atoms with Gasteiger partial charge in [-0.25, -0.2) is 19.7 Å². The molecule has 19 heteroatoms. The average Bonchev–Trinajstić information content (AvgIpc) is 3.98. The summed E-state index contributed by atoms with van der Waals surface area (Å²) >= 11 is 1.59. The molecule has 5 heterocycles. The van der Waals surface area contributed by atoms with Crippen molar-refractivity contribution in [2.75, 3.05) is 28.9 Å². The van der Waals surface area contributed by atoms with Crippen LogP contribution in [-0.4, -0.2) is 100 Å². The minimum atomic E-state index is -2.25. The molecule has 0 radical (unpaired) electrons. The molecule has 2 aliphatic rings. The number of ether oxygens (including phenoxy) is 3. The summed E-state index contributed by atoms with van der Waals surface area (Å²) in [5.41, 5.74) is 1.40. The Kier molecular flexibility index (Phi) is 14.6. The highest BCUT2D eigenvalue weighted by Gasteiger charge is 2.46. The molecule has 2 N–H and O–H groups in total. The van der Waals surface area contributed by atoms with Crippen LogP contribution in [0.4, 0.5) is 11.6 Å². The number of benzene rings is 2. The van der Waals surface area contributed by atoms with E-state index in [1.807, 2.05) is 16.7 Å². The minimum Gasteiger partial charge on any atom is -0.414 e. The Labute approximate surface area is 386 Å². The number of imidazole rings is 1. The van der Waals surface area contributed by atoms with Crippen LogP contribution in [0.2, 0.25) is 36.3 Å². The first-order valence-electron chi connectivity index (χ1n) is 22.0. The zero-order chi connectivity index (χ0) is 46.7. The summed E-state index contributed by atoms with van der Waals surface area (Å²) in [5, 5.41) is 5.55. The predicted octanol–water partition coefficient (Wildman–Crippen LogP) is 8.65. The fourth-order valence-electron chi connectivity index (χ4n) is 7.11. The van der Waals surface area contributed by atoms with Crippen molar-refractivity contribution in [1.82, 2.24) is 29.1 Å². The lowest BCUT2D eigenvalue weighted by Crippen LogP contribution is -2.46. The maximum absolute atomic E-state index is 13.4. The van der Waals surface area contributed by atoms with E-state index in [0.29, 0.717) is 59.2 Å². The first-order valence-corrected chi connectivity index (χ1v) is 29.0. The molecule has 2 fully saturated rings. The van der Waals surface area contributed by atoms with Crippen molar-refractivity contribution < 1.29 is 32.7 Å². The maximum atomic E-state index is 13.4. The highest BCUT2D eigenvalue weighted by molar-refractivity contribution is 7.99. The van der Waals surface area contributed by atoms with E-state index in [9.17, 15) is 14.4 Å². The Morgan fingerprint density at radius 1 is 0.769 bits per heavy atom. The maximum Gasteiger partial charge on any atom is 0.351 e. The standard InChI is InChI=1S/C46H62N8O8SSi2/c1-45(2,3)64(7,8)59-25-34-32(23-38(60-34)54-28-49-39-40(47-27-48-41(39)54)52-43(56)31-19-15-12-16-20-31)58-29-63-26-35-33(62-65(9,10)46(4,5)6)24-37(61-35)53-22-21-36(51-44(53)57)50-42(55)30-17-13-11-14-18-30/h11-22,27-28,32-35,37-38H,23-26,29H2,1-10H3,(H,47,48,52,56)(H,50,51,55,57)/t32-,33-,34+,35+,37+,38+/m0/s1. The molecule has 2 amide bonds. The summed E-state index contributed by atoms with van der Waals surface area (Å²) in [5.74, 6) is 0.705. The number of fused-ring (bicyclic) bond motifs is 1. The molecular weight excluding hydrogens is 881 g/mol. The van der Waals surface area contributed by atoms with E-state index in [-0.39, 0.29) is 52.1 Å². The molecule has 2 aromatic carbocycles. The van der Waals surface area contributed by atoms with Crippen LogP contribution in [0.3, 0.4) is 0 Å². The van der Waals surface area contributed by atoms with Crippen LogP contribution in [0, 0.1) is 0 Å². The third-order valence-corrected chi connectivity index (χ3v) is 22.9. The summed E-state index contributed by atoms with van der Waals surface area (Å²) < 4.78 is 37.0. The van der Waals surface area contributed by atoms with Crippen LogP contribution in [-0.2, 0) is 23.1 Å². The van der Waals surface area contributed by atoms with Gasteiger partial charge >= 0.3 is 5.69 Å². The number of carbonyl (C=O) groups is 2. The topological polar surface area (TPSA) is 183 Å². The quantitative estimate of drug-likeness (QED) is 0.0545. The van der Waals surface area contributed by atoms with E-state index in [0.717, 1.165) is 0 Å². The largest absolute Gasteiger partial charge is 0.414 e. The third-order valence-electron chi connectivity index (χ3n) is 13.0. The van der Waals surface area contributed by atoms with Crippen LogP contribution in [0.25, 0.3) is 11.2 Å². The van der Waals surface area contributed by atoms with E-state index in [4.69, 9.17) is 23.1 Å². The Bertz CT molecular complexity index is 2500. The molecule has 7 rings (SSSR count). The molecule has 16 nitrogen and oxygen atoms in total. The molecule has 2 saturated heterocycles. The second kappa shape index (κ2) is 19.7. The van der Waals surface area contributed by atoms with Crippen molar-refractivity contribution in [3.63, 3.8) is 0 Å². The smallest absolute Gasteiger partial charge is 0.351 e. The zero-order valence-electron chi connectivity index (χ0n) is 38.9. The van der Waals surface area contributed by atoms with Crippen molar-refractivity contribution in [2.24, 2.45) is 0 Å². The van der Waals surface area contributed by atoms with Crippen LogP contribution in [0.15, 0.2) is 90.4 Å². The van der Waals surface area contributed by atoms with Crippen molar-refractivity contribution in [3.05, 3.63) is 107 Å². The highest BCUT2D eigenvalue weighted by atomic mass is 32.2. The molecule has 2 aliphatic heterocycles. The fourth-order valence-corrected chi connectivity index (χ4v) is 10.4. The zero-order valence-corrected chi connectivity index (χ0v) is 41.8. The molecule has 6 atom stereocenters. The van der Waals surface area contributed by atoms with Crippen molar-refractivity contribution in [2.45, 2.75) is 128 Å². The summed E-state index contributed by atoms with van der Waals surface area (Å²) in [6, 6.07) is 19.3. The number of carbonyl (C=O) groups excluding carboxylic acids is 2. The number of thioether (sulfide) groups is 1. The molecule has 0 aliphatic carbocycles. The van der Waals surface area contributed by atoms with E-state index >= 15 is 0 Å². The number of amides is 2. The van der Waals surface area contributed by atoms with Crippen molar-refractivity contribution in [3.8, 4) is 0 Å². The number of nitrogens with zero attached hydrogens (tertiary/aromatic N) is 6. The van der Waals surface area contributed by atoms with Crippen molar-refractivity contribution >= 4 is 63.0 Å². The Hall–Kier alpha value is -4.61. The Morgan fingerprint density at radius 2 is 1.37 bits per heavy atom. The Morgan fingerprint density at radius 3 is 2.00 bits per heavy atom. The molecule has 0 bridgehead atoms. The van der Waals surface area contributed by atoms with E-state index < -0.39 is 34.8 Å².